The fourth-order valence-corrected chi connectivity index (χ4v) is 2.98. The molecule has 0 spiro atoms. The summed E-state index contributed by atoms with van der Waals surface area (Å²) in [5.74, 6) is 1.12. The Hall–Kier alpha value is -0.960. The normalized spacial score (nSPS) is 26.2. The van der Waals surface area contributed by atoms with Crippen molar-refractivity contribution in [1.82, 2.24) is 5.32 Å². The zero-order valence-corrected chi connectivity index (χ0v) is 11.6. The van der Waals surface area contributed by atoms with E-state index in [0.29, 0.717) is 0 Å². The fourth-order valence-electron chi connectivity index (χ4n) is 1.78. The highest BCUT2D eigenvalue weighted by Crippen LogP contribution is 2.25. The first-order valence-electron chi connectivity index (χ1n) is 6.13. The molecule has 1 atom stereocenters. The molecule has 0 aromatic heterocycles. The molecule has 0 amide bonds. The van der Waals surface area contributed by atoms with Gasteiger partial charge in [-0.15, -0.1) is 0 Å². The van der Waals surface area contributed by atoms with Crippen LogP contribution in [0.15, 0.2) is 29.3 Å². The maximum atomic E-state index is 4.67. The van der Waals surface area contributed by atoms with Crippen LogP contribution in [-0.4, -0.2) is 16.5 Å². The van der Waals surface area contributed by atoms with Gasteiger partial charge in [0, 0.05) is 11.3 Å². The minimum Gasteiger partial charge on any atom is -0.359 e. The first kappa shape index (κ1) is 12.5. The molecular formula is C14H20N2S. The molecule has 2 nitrogen and oxygen atoms in total. The van der Waals surface area contributed by atoms with Crippen molar-refractivity contribution in [3.05, 3.63) is 35.4 Å². The fraction of sp³-hybridized carbons (Fsp3) is 0.500. The zero-order valence-electron chi connectivity index (χ0n) is 10.8. The van der Waals surface area contributed by atoms with E-state index in [4.69, 9.17) is 0 Å². The first-order valence-corrected chi connectivity index (χ1v) is 7.11. The Morgan fingerprint density at radius 3 is 2.82 bits per heavy atom. The molecule has 0 bridgehead atoms. The van der Waals surface area contributed by atoms with E-state index in [1.807, 2.05) is 11.8 Å². The second-order valence-corrected chi connectivity index (χ2v) is 5.84. The van der Waals surface area contributed by atoms with E-state index in [-0.39, 0.29) is 5.54 Å². The molecule has 1 N–H and O–H groups in total. The first-order chi connectivity index (χ1) is 8.13. The van der Waals surface area contributed by atoms with Crippen LogP contribution in [0.2, 0.25) is 0 Å². The van der Waals surface area contributed by atoms with Crippen molar-refractivity contribution >= 4 is 16.9 Å². The van der Waals surface area contributed by atoms with Crippen LogP contribution in [0.5, 0.6) is 0 Å². The standard InChI is InChI=1S/C14H20N2S/c1-4-14(3)10-17-13(16-14)15-9-12-8-6-5-7-11(12)2/h5-8H,4,9-10H2,1-3H3,(H,15,16). The van der Waals surface area contributed by atoms with Crippen LogP contribution in [0.25, 0.3) is 0 Å². The summed E-state index contributed by atoms with van der Waals surface area (Å²) >= 11 is 1.84. The average Bonchev–Trinajstić information content (AvgIpc) is 2.71. The summed E-state index contributed by atoms with van der Waals surface area (Å²) in [4.78, 5) is 4.67. The molecule has 17 heavy (non-hydrogen) atoms. The van der Waals surface area contributed by atoms with Crippen molar-refractivity contribution in [3.63, 3.8) is 0 Å². The lowest BCUT2D eigenvalue weighted by atomic mass is 10.0. The summed E-state index contributed by atoms with van der Waals surface area (Å²) in [5, 5.41) is 4.61. The van der Waals surface area contributed by atoms with Gasteiger partial charge in [-0.3, -0.25) is 4.99 Å². The number of hydrogen-bond donors (Lipinski definition) is 1. The minimum atomic E-state index is 0.231. The Balaban J connectivity index is 2.01. The molecule has 1 saturated heterocycles. The molecule has 1 unspecified atom stereocenters. The molecule has 92 valence electrons. The number of aliphatic imine (C=N–C) groups is 1. The van der Waals surface area contributed by atoms with Crippen LogP contribution in [0.4, 0.5) is 0 Å². The number of benzene rings is 1. The SMILES string of the molecule is CCC1(C)CSC(=NCc2ccccc2C)N1. The van der Waals surface area contributed by atoms with E-state index < -0.39 is 0 Å². The molecular weight excluding hydrogens is 228 g/mol. The summed E-state index contributed by atoms with van der Waals surface area (Å²) in [5.41, 5.74) is 2.86. The highest BCUT2D eigenvalue weighted by Gasteiger charge is 2.30. The number of amidine groups is 1. The summed E-state index contributed by atoms with van der Waals surface area (Å²) in [7, 11) is 0. The number of aryl methyl sites for hydroxylation is 1. The number of thioether (sulfide) groups is 1. The van der Waals surface area contributed by atoms with Gasteiger partial charge < -0.3 is 5.32 Å². The van der Waals surface area contributed by atoms with Crippen LogP contribution >= 0.6 is 11.8 Å². The monoisotopic (exact) mass is 248 g/mol. The number of nitrogens with one attached hydrogen (secondary N) is 1. The lowest BCUT2D eigenvalue weighted by molar-refractivity contribution is 0.466. The Morgan fingerprint density at radius 2 is 2.18 bits per heavy atom. The summed E-state index contributed by atoms with van der Waals surface area (Å²) < 4.78 is 0. The maximum absolute atomic E-state index is 4.67. The van der Waals surface area contributed by atoms with Gasteiger partial charge in [-0.25, -0.2) is 0 Å². The van der Waals surface area contributed by atoms with Gasteiger partial charge in [-0.2, -0.15) is 0 Å². The van der Waals surface area contributed by atoms with Gasteiger partial charge in [0.05, 0.1) is 6.54 Å². The molecule has 3 heteroatoms. The van der Waals surface area contributed by atoms with E-state index in [1.165, 1.54) is 11.1 Å². The highest BCUT2D eigenvalue weighted by atomic mass is 32.2. The van der Waals surface area contributed by atoms with Gasteiger partial charge in [-0.05, 0) is 31.4 Å². The molecule has 1 aromatic rings. The van der Waals surface area contributed by atoms with E-state index in [2.05, 4.69) is 55.3 Å². The Labute approximate surface area is 108 Å². The van der Waals surface area contributed by atoms with Crippen molar-refractivity contribution in [2.24, 2.45) is 4.99 Å². The van der Waals surface area contributed by atoms with Gasteiger partial charge in [0.15, 0.2) is 5.17 Å². The Bertz CT molecular complexity index is 428. The lowest BCUT2D eigenvalue weighted by Gasteiger charge is -2.20. The number of hydrogen-bond acceptors (Lipinski definition) is 2. The largest absolute Gasteiger partial charge is 0.359 e. The van der Waals surface area contributed by atoms with Crippen LogP contribution in [0.3, 0.4) is 0 Å². The van der Waals surface area contributed by atoms with E-state index in [1.54, 1.807) is 0 Å². The summed E-state index contributed by atoms with van der Waals surface area (Å²) in [6.45, 7) is 7.40. The summed E-state index contributed by atoms with van der Waals surface area (Å²) in [6.07, 6.45) is 1.14. The molecule has 0 saturated carbocycles. The zero-order chi connectivity index (χ0) is 12.3. The van der Waals surface area contributed by atoms with Crippen LogP contribution in [-0.2, 0) is 6.54 Å². The van der Waals surface area contributed by atoms with Crippen molar-refractivity contribution in [3.8, 4) is 0 Å². The predicted octanol–water partition coefficient (Wildman–Crippen LogP) is 3.36. The third kappa shape index (κ3) is 3.03. The van der Waals surface area contributed by atoms with E-state index in [0.717, 1.165) is 23.9 Å². The molecule has 1 aliphatic heterocycles. The van der Waals surface area contributed by atoms with Gasteiger partial charge in [0.25, 0.3) is 0 Å². The third-order valence-electron chi connectivity index (χ3n) is 3.37. The highest BCUT2D eigenvalue weighted by molar-refractivity contribution is 8.14. The smallest absolute Gasteiger partial charge is 0.157 e. The van der Waals surface area contributed by atoms with Gasteiger partial charge >= 0.3 is 0 Å². The van der Waals surface area contributed by atoms with Gasteiger partial charge in [-0.1, -0.05) is 43.0 Å². The molecule has 1 fully saturated rings. The second-order valence-electron chi connectivity index (χ2n) is 4.88. The summed E-state index contributed by atoms with van der Waals surface area (Å²) in [6, 6.07) is 8.44. The molecule has 0 aliphatic carbocycles. The van der Waals surface area contributed by atoms with Crippen molar-refractivity contribution in [2.75, 3.05) is 5.75 Å². The topological polar surface area (TPSA) is 24.4 Å². The van der Waals surface area contributed by atoms with Gasteiger partial charge in [0.1, 0.15) is 0 Å². The van der Waals surface area contributed by atoms with E-state index in [9.17, 15) is 0 Å². The van der Waals surface area contributed by atoms with E-state index >= 15 is 0 Å². The van der Waals surface area contributed by atoms with Gasteiger partial charge in [0.2, 0.25) is 0 Å². The maximum Gasteiger partial charge on any atom is 0.157 e. The molecule has 1 aromatic carbocycles. The van der Waals surface area contributed by atoms with Crippen LogP contribution in [0.1, 0.15) is 31.4 Å². The van der Waals surface area contributed by atoms with Crippen LogP contribution < -0.4 is 5.32 Å². The average molecular weight is 248 g/mol. The lowest BCUT2D eigenvalue weighted by Crippen LogP contribution is -2.39. The molecule has 1 heterocycles. The van der Waals surface area contributed by atoms with Crippen molar-refractivity contribution < 1.29 is 0 Å². The van der Waals surface area contributed by atoms with Crippen molar-refractivity contribution in [1.29, 1.82) is 0 Å². The minimum absolute atomic E-state index is 0.231. The molecule has 1 aliphatic rings. The number of rotatable bonds is 3. The molecule has 0 radical (unpaired) electrons. The van der Waals surface area contributed by atoms with Crippen LogP contribution in [0, 0.1) is 6.92 Å². The predicted molar refractivity (Wildman–Crippen MR) is 76.6 cm³/mol. The quantitative estimate of drug-likeness (QED) is 0.887. The third-order valence-corrected chi connectivity index (χ3v) is 4.66. The Kier molecular flexibility index (Phi) is 3.77. The second kappa shape index (κ2) is 5.13. The number of nitrogens with zero attached hydrogens (tertiary/aromatic N) is 1. The Morgan fingerprint density at radius 1 is 1.41 bits per heavy atom. The molecule has 2 rings (SSSR count). The van der Waals surface area contributed by atoms with Crippen molar-refractivity contribution in [2.45, 2.75) is 39.3 Å².